The third-order valence-electron chi connectivity index (χ3n) is 10.7. The number of amides is 4. The summed E-state index contributed by atoms with van der Waals surface area (Å²) in [4.78, 5) is 117. The van der Waals surface area contributed by atoms with Gasteiger partial charge < -0.3 is 40.2 Å². The van der Waals surface area contributed by atoms with Crippen molar-refractivity contribution in [1.82, 2.24) is 5.32 Å². The van der Waals surface area contributed by atoms with Gasteiger partial charge in [0.1, 0.15) is 12.2 Å². The Hall–Kier alpha value is -8.99. The van der Waals surface area contributed by atoms with E-state index in [1.165, 1.54) is 81.6 Å². The van der Waals surface area contributed by atoms with Crippen molar-refractivity contribution in [2.75, 3.05) is 36.2 Å². The molecule has 0 spiro atoms. The highest BCUT2D eigenvalue weighted by Gasteiger charge is 2.25. The number of benzene rings is 5. The SMILES string of the molecule is C=C(C)C(=O)OC(C)CCOC(=O)c1ccc(C(=O)c2ccc(C(=O)OCCC(C)OC(=O)C(=C)C)c(C(=O)Nc3ccc(C(=O)Nc4ccc(NC(=O)c5ccc(C)cc5)cc4)cc3)c2)cc1C(=O)NC. The maximum Gasteiger partial charge on any atom is 0.338 e. The smallest absolute Gasteiger partial charge is 0.338 e. The van der Waals surface area contributed by atoms with E-state index >= 15 is 0 Å². The Bertz CT molecular complexity index is 2930. The molecule has 17 nitrogen and oxygen atoms in total. The summed E-state index contributed by atoms with van der Waals surface area (Å²) < 4.78 is 21.3. The van der Waals surface area contributed by atoms with Crippen LogP contribution in [-0.4, -0.2) is 85.8 Å². The van der Waals surface area contributed by atoms with Gasteiger partial charge in [0.2, 0.25) is 0 Å². The zero-order valence-corrected chi connectivity index (χ0v) is 40.6. The summed E-state index contributed by atoms with van der Waals surface area (Å²) >= 11 is 0. The number of carbonyl (C=O) groups excluding carboxylic acids is 9. The second-order valence-electron chi connectivity index (χ2n) is 16.7. The Kier molecular flexibility index (Phi) is 18.8. The molecule has 0 aliphatic carbocycles. The van der Waals surface area contributed by atoms with Gasteiger partial charge in [-0.3, -0.25) is 24.0 Å². The van der Waals surface area contributed by atoms with E-state index in [0.717, 1.165) is 5.56 Å². The van der Waals surface area contributed by atoms with Crippen LogP contribution in [0.3, 0.4) is 0 Å². The van der Waals surface area contributed by atoms with Gasteiger partial charge in [0.25, 0.3) is 23.6 Å². The molecular formula is C55H54N4O13. The van der Waals surface area contributed by atoms with Gasteiger partial charge >= 0.3 is 23.9 Å². The van der Waals surface area contributed by atoms with Crippen molar-refractivity contribution < 1.29 is 62.1 Å². The quantitative estimate of drug-likeness (QED) is 0.0234. The van der Waals surface area contributed by atoms with Crippen LogP contribution < -0.4 is 21.3 Å². The van der Waals surface area contributed by atoms with Crippen molar-refractivity contribution in [1.29, 1.82) is 0 Å². The minimum atomic E-state index is -0.931. The number of rotatable bonds is 21. The molecule has 0 fully saturated rings. The number of carbonyl (C=O) groups is 9. The first-order valence-corrected chi connectivity index (χ1v) is 22.6. The molecule has 0 heterocycles. The van der Waals surface area contributed by atoms with E-state index < -0.39 is 59.6 Å². The van der Waals surface area contributed by atoms with Crippen LogP contribution >= 0.6 is 0 Å². The molecular weight excluding hydrogens is 925 g/mol. The lowest BCUT2D eigenvalue weighted by molar-refractivity contribution is -0.144. The van der Waals surface area contributed by atoms with Crippen LogP contribution in [0.15, 0.2) is 133 Å². The molecule has 2 atom stereocenters. The van der Waals surface area contributed by atoms with Gasteiger partial charge in [0.15, 0.2) is 5.78 Å². The largest absolute Gasteiger partial charge is 0.462 e. The summed E-state index contributed by atoms with van der Waals surface area (Å²) in [6.07, 6.45) is -0.984. The van der Waals surface area contributed by atoms with Crippen molar-refractivity contribution in [3.8, 4) is 0 Å². The highest BCUT2D eigenvalue weighted by atomic mass is 16.6. The van der Waals surface area contributed by atoms with Crippen LogP contribution in [0.25, 0.3) is 0 Å². The number of aryl methyl sites for hydroxylation is 1. The summed E-state index contributed by atoms with van der Waals surface area (Å²) in [6, 6.07) is 27.0. The Labute approximate surface area is 416 Å². The van der Waals surface area contributed by atoms with Crippen molar-refractivity contribution in [3.05, 3.63) is 184 Å². The Morgan fingerprint density at radius 1 is 0.472 bits per heavy atom. The molecule has 0 saturated heterocycles. The van der Waals surface area contributed by atoms with Crippen molar-refractivity contribution in [2.24, 2.45) is 0 Å². The van der Waals surface area contributed by atoms with E-state index in [0.29, 0.717) is 16.9 Å². The lowest BCUT2D eigenvalue weighted by Gasteiger charge is -2.15. The highest BCUT2D eigenvalue weighted by Crippen LogP contribution is 2.23. The highest BCUT2D eigenvalue weighted by molar-refractivity contribution is 6.16. The Balaban J connectivity index is 1.33. The van der Waals surface area contributed by atoms with Gasteiger partial charge in [-0.05, 0) is 120 Å². The lowest BCUT2D eigenvalue weighted by atomic mass is 9.95. The van der Waals surface area contributed by atoms with E-state index in [1.54, 1.807) is 50.2 Å². The van der Waals surface area contributed by atoms with Gasteiger partial charge in [-0.1, -0.05) is 43.0 Å². The summed E-state index contributed by atoms with van der Waals surface area (Å²) in [6.45, 7) is 14.9. The first kappa shape index (κ1) is 54.0. The fourth-order valence-corrected chi connectivity index (χ4v) is 6.53. The minimum Gasteiger partial charge on any atom is -0.462 e. The van der Waals surface area contributed by atoms with E-state index in [-0.39, 0.29) is 87.7 Å². The summed E-state index contributed by atoms with van der Waals surface area (Å²) in [5.74, 6) is -6.00. The summed E-state index contributed by atoms with van der Waals surface area (Å²) in [5.41, 5.74) is 2.37. The average molecular weight is 979 g/mol. The Morgan fingerprint density at radius 2 is 0.819 bits per heavy atom. The molecule has 72 heavy (non-hydrogen) atoms. The predicted molar refractivity (Wildman–Crippen MR) is 268 cm³/mol. The first-order chi connectivity index (χ1) is 34.2. The number of ketones is 1. The van der Waals surface area contributed by atoms with Crippen molar-refractivity contribution in [3.63, 3.8) is 0 Å². The summed E-state index contributed by atoms with van der Waals surface area (Å²) in [7, 11) is 1.34. The molecule has 17 heteroatoms. The number of esters is 4. The number of ether oxygens (including phenoxy) is 4. The monoisotopic (exact) mass is 978 g/mol. The molecule has 0 radical (unpaired) electrons. The zero-order valence-electron chi connectivity index (χ0n) is 40.6. The number of anilines is 3. The molecule has 5 rings (SSSR count). The van der Waals surface area contributed by atoms with Gasteiger partial charge in [0, 0.05) is 70.4 Å². The molecule has 4 N–H and O–H groups in total. The van der Waals surface area contributed by atoms with E-state index in [1.807, 2.05) is 19.1 Å². The molecule has 0 aromatic heterocycles. The molecule has 5 aromatic carbocycles. The van der Waals surface area contributed by atoms with E-state index in [9.17, 15) is 43.2 Å². The normalized spacial score (nSPS) is 11.4. The molecule has 372 valence electrons. The molecule has 0 bridgehead atoms. The standard InChI is InChI=1S/C55H54N4O13/c1-31(2)52(65)71-34(6)25-27-69-54(67)43-23-15-38(29-45(43)50(63)56-8)47(60)39-16-24-44(55(68)70-28-26-35(7)72-53(66)32(3)4)46(30-39)51(64)59-40-17-13-37(14-18-40)49(62)58-42-21-19-41(20-22-42)57-48(61)36-11-9-33(5)10-12-36/h9-24,29-30,34-35H,1,3,25-28H2,2,4-8H3,(H,56,63)(H,57,61)(H,58,62)(H,59,64). The van der Waals surface area contributed by atoms with E-state index in [2.05, 4.69) is 34.4 Å². The van der Waals surface area contributed by atoms with Crippen molar-refractivity contribution in [2.45, 2.75) is 59.7 Å². The average Bonchev–Trinajstić information content (AvgIpc) is 3.36. The van der Waals surface area contributed by atoms with Crippen LogP contribution in [0.4, 0.5) is 17.1 Å². The number of hydrogen-bond acceptors (Lipinski definition) is 13. The van der Waals surface area contributed by atoms with Gasteiger partial charge in [-0.15, -0.1) is 0 Å². The molecule has 0 saturated carbocycles. The molecule has 0 aliphatic heterocycles. The number of hydrogen-bond donors (Lipinski definition) is 4. The second kappa shape index (κ2) is 25.0. The lowest BCUT2D eigenvalue weighted by Crippen LogP contribution is -2.23. The van der Waals surface area contributed by atoms with Crippen molar-refractivity contribution >= 4 is 70.4 Å². The van der Waals surface area contributed by atoms with Crippen LogP contribution in [0.1, 0.15) is 124 Å². The third-order valence-corrected chi connectivity index (χ3v) is 10.7. The maximum atomic E-state index is 14.1. The van der Waals surface area contributed by atoms with Crippen LogP contribution in [0.5, 0.6) is 0 Å². The third kappa shape index (κ3) is 15.0. The second-order valence-corrected chi connectivity index (χ2v) is 16.7. The minimum absolute atomic E-state index is 0.0554. The van der Waals surface area contributed by atoms with Gasteiger partial charge in [-0.25, -0.2) is 19.2 Å². The molecule has 2 unspecified atom stereocenters. The predicted octanol–water partition coefficient (Wildman–Crippen LogP) is 8.45. The molecule has 0 aliphatic rings. The molecule has 4 amide bonds. The zero-order chi connectivity index (χ0) is 52.6. The number of nitrogens with one attached hydrogen (secondary N) is 4. The van der Waals surface area contributed by atoms with Crippen LogP contribution in [-0.2, 0) is 28.5 Å². The fraction of sp³-hybridized carbons (Fsp3) is 0.218. The van der Waals surface area contributed by atoms with Gasteiger partial charge in [-0.2, -0.15) is 0 Å². The topological polar surface area (TPSA) is 239 Å². The van der Waals surface area contributed by atoms with E-state index in [4.69, 9.17) is 18.9 Å². The fourth-order valence-electron chi connectivity index (χ4n) is 6.53. The maximum absolute atomic E-state index is 14.1. The van der Waals surface area contributed by atoms with Crippen LogP contribution in [0.2, 0.25) is 0 Å². The summed E-state index contributed by atoms with van der Waals surface area (Å²) in [5, 5.41) is 10.7. The van der Waals surface area contributed by atoms with Crippen LogP contribution in [0, 0.1) is 6.92 Å². The Morgan fingerprint density at radius 3 is 1.21 bits per heavy atom. The first-order valence-electron chi connectivity index (χ1n) is 22.6. The molecule has 5 aromatic rings. The van der Waals surface area contributed by atoms with Gasteiger partial charge in [0.05, 0.1) is 35.5 Å².